The predicted octanol–water partition coefficient (Wildman–Crippen LogP) is 2.84. The van der Waals surface area contributed by atoms with Crippen molar-refractivity contribution in [3.8, 4) is 0 Å². The highest BCUT2D eigenvalue weighted by Gasteiger charge is 3.00. The van der Waals surface area contributed by atoms with E-state index in [9.17, 15) is 48.3 Å². The molecule has 0 radical (unpaired) electrons. The van der Waals surface area contributed by atoms with Crippen molar-refractivity contribution in [1.29, 1.82) is 0 Å². The van der Waals surface area contributed by atoms with Crippen LogP contribution in [0.15, 0.2) is 0 Å². The van der Waals surface area contributed by atoms with Gasteiger partial charge >= 0.3 is 29.6 Å². The molecule has 0 amide bonds. The van der Waals surface area contributed by atoms with Gasteiger partial charge in [0.05, 0.1) is 0 Å². The van der Waals surface area contributed by atoms with Crippen molar-refractivity contribution in [3.05, 3.63) is 0 Å². The number of alkyl halides is 11. The summed E-state index contributed by atoms with van der Waals surface area (Å²) in [4.78, 5) is 0. The van der Waals surface area contributed by atoms with E-state index in [0.29, 0.717) is 0 Å². The maximum Gasteiger partial charge on any atom is 0.384 e. The van der Waals surface area contributed by atoms with Crippen LogP contribution in [0.3, 0.4) is 0 Å². The zero-order valence-corrected chi connectivity index (χ0v) is 8.44. The molecule has 0 unspecified atom stereocenters. The van der Waals surface area contributed by atoms with Crippen LogP contribution in [-0.4, -0.2) is 41.8 Å². The Balaban J connectivity index is 3.76. The van der Waals surface area contributed by atoms with Crippen LogP contribution in [-0.2, 0) is 0 Å². The Bertz CT molecular complexity index is 357. The van der Waals surface area contributed by atoms with Gasteiger partial charge in [0.15, 0.2) is 0 Å². The number of hydrogen-bond donors (Lipinski definition) is 1. The third-order valence-electron chi connectivity index (χ3n) is 2.85. The maximum atomic E-state index is 13.3. The highest BCUT2D eigenvalue weighted by Crippen LogP contribution is 2.68. The van der Waals surface area contributed by atoms with Crippen LogP contribution < -0.4 is 5.73 Å². The van der Waals surface area contributed by atoms with Gasteiger partial charge in [-0.25, -0.2) is 4.39 Å². The van der Waals surface area contributed by atoms with Crippen molar-refractivity contribution in [2.24, 2.45) is 5.73 Å². The number of rotatable bonds is 1. The first kappa shape index (κ1) is 16.2. The average molecular weight is 311 g/mol. The average Bonchev–Trinajstić information content (AvgIpc) is 2.24. The van der Waals surface area contributed by atoms with Gasteiger partial charge < -0.3 is 5.73 Å². The quantitative estimate of drug-likeness (QED) is 0.741. The van der Waals surface area contributed by atoms with Crippen molar-refractivity contribution >= 4 is 0 Å². The molecule has 114 valence electrons. The van der Waals surface area contributed by atoms with Gasteiger partial charge in [-0.1, -0.05) is 0 Å². The Morgan fingerprint density at radius 2 is 0.684 bits per heavy atom. The van der Waals surface area contributed by atoms with Gasteiger partial charge in [0.25, 0.3) is 5.67 Å². The summed E-state index contributed by atoms with van der Waals surface area (Å²) in [6.45, 7) is -2.71. The molecular weight excluding hydrogens is 307 g/mol. The van der Waals surface area contributed by atoms with Crippen molar-refractivity contribution in [3.63, 3.8) is 0 Å². The van der Waals surface area contributed by atoms with Gasteiger partial charge in [-0.05, 0) is 0 Å². The highest BCUT2D eigenvalue weighted by molar-refractivity contribution is 5.26. The maximum absolute atomic E-state index is 13.3. The molecule has 12 heteroatoms. The summed E-state index contributed by atoms with van der Waals surface area (Å²) >= 11 is 0. The molecule has 19 heavy (non-hydrogen) atoms. The van der Waals surface area contributed by atoms with E-state index in [-0.39, 0.29) is 0 Å². The number of halogens is 11. The molecule has 1 saturated carbocycles. The van der Waals surface area contributed by atoms with Gasteiger partial charge in [0.1, 0.15) is 0 Å². The third kappa shape index (κ3) is 1.26. The predicted molar refractivity (Wildman–Crippen MR) is 37.6 cm³/mol. The van der Waals surface area contributed by atoms with Gasteiger partial charge in [-0.15, -0.1) is 0 Å². The van der Waals surface area contributed by atoms with E-state index < -0.39 is 41.8 Å². The summed E-state index contributed by atoms with van der Waals surface area (Å²) < 4.78 is 141. The Hall–Kier alpha value is -0.810. The molecule has 2 N–H and O–H groups in total. The van der Waals surface area contributed by atoms with E-state index in [1.807, 2.05) is 0 Å². The Morgan fingerprint density at radius 3 is 0.895 bits per heavy atom. The molecule has 0 heterocycles. The molecular formula is C7H4F11N. The van der Waals surface area contributed by atoms with Crippen molar-refractivity contribution < 1.29 is 48.3 Å². The van der Waals surface area contributed by atoms with Crippen LogP contribution in [0.4, 0.5) is 48.3 Å². The lowest BCUT2D eigenvalue weighted by Gasteiger charge is -2.52. The SMILES string of the molecule is NCC1(F)C(F)(F)C(F)(F)C(F)(F)C(F)(F)C1(F)F. The van der Waals surface area contributed by atoms with Crippen LogP contribution in [0.2, 0.25) is 0 Å². The molecule has 0 aliphatic heterocycles. The zero-order chi connectivity index (χ0) is 15.7. The number of nitrogens with two attached hydrogens (primary N) is 1. The summed E-state index contributed by atoms with van der Waals surface area (Å²) in [5, 5.41) is 0. The van der Waals surface area contributed by atoms with E-state index in [4.69, 9.17) is 0 Å². The summed E-state index contributed by atoms with van der Waals surface area (Å²) in [6, 6.07) is 0. The molecule has 0 spiro atoms. The molecule has 1 rings (SSSR count). The van der Waals surface area contributed by atoms with E-state index in [1.54, 1.807) is 0 Å². The molecule has 1 nitrogen and oxygen atoms in total. The van der Waals surface area contributed by atoms with Crippen LogP contribution >= 0.6 is 0 Å². The first-order chi connectivity index (χ1) is 8.06. The number of hydrogen-bond acceptors (Lipinski definition) is 1. The normalized spacial score (nSPS) is 32.8. The van der Waals surface area contributed by atoms with Crippen LogP contribution in [0, 0.1) is 0 Å². The van der Waals surface area contributed by atoms with E-state index in [1.165, 1.54) is 0 Å². The summed E-state index contributed by atoms with van der Waals surface area (Å²) in [6.07, 6.45) is 0. The fourth-order valence-corrected chi connectivity index (χ4v) is 1.54. The van der Waals surface area contributed by atoms with Gasteiger partial charge in [0.2, 0.25) is 0 Å². The minimum absolute atomic E-state index is 2.71. The fraction of sp³-hybridized carbons (Fsp3) is 1.00. The summed E-state index contributed by atoms with van der Waals surface area (Å²) in [5.41, 5.74) is -1.96. The second-order valence-corrected chi connectivity index (χ2v) is 3.88. The minimum Gasteiger partial charge on any atom is -0.327 e. The molecule has 0 bridgehead atoms. The standard InChI is InChI=1S/C7H4F11N/c8-2(1-19)3(9,10)5(13,14)7(17,18)6(15,16)4(2,11)12/h1,19H2. The van der Waals surface area contributed by atoms with Crippen LogP contribution in [0.25, 0.3) is 0 Å². The van der Waals surface area contributed by atoms with Crippen molar-refractivity contribution in [1.82, 2.24) is 0 Å². The van der Waals surface area contributed by atoms with Crippen molar-refractivity contribution in [2.45, 2.75) is 35.3 Å². The minimum atomic E-state index is -7.17. The molecule has 0 aromatic rings. The van der Waals surface area contributed by atoms with Crippen LogP contribution in [0.5, 0.6) is 0 Å². The molecule has 1 fully saturated rings. The summed E-state index contributed by atoms with van der Waals surface area (Å²) in [7, 11) is 0. The topological polar surface area (TPSA) is 26.0 Å². The largest absolute Gasteiger partial charge is 0.384 e. The lowest BCUT2D eigenvalue weighted by atomic mass is 9.72. The Morgan fingerprint density at radius 1 is 0.474 bits per heavy atom. The third-order valence-corrected chi connectivity index (χ3v) is 2.85. The van der Waals surface area contributed by atoms with Crippen LogP contribution in [0.1, 0.15) is 0 Å². The second-order valence-electron chi connectivity index (χ2n) is 3.88. The van der Waals surface area contributed by atoms with Gasteiger partial charge in [0, 0.05) is 6.54 Å². The smallest absolute Gasteiger partial charge is 0.327 e. The highest BCUT2D eigenvalue weighted by atomic mass is 19.4. The van der Waals surface area contributed by atoms with Gasteiger partial charge in [-0.3, -0.25) is 0 Å². The van der Waals surface area contributed by atoms with E-state index in [0.717, 1.165) is 0 Å². The lowest BCUT2D eigenvalue weighted by Crippen LogP contribution is -2.85. The van der Waals surface area contributed by atoms with Gasteiger partial charge in [-0.2, -0.15) is 43.9 Å². The second kappa shape index (κ2) is 3.44. The van der Waals surface area contributed by atoms with E-state index in [2.05, 4.69) is 5.73 Å². The Kier molecular flexibility index (Phi) is 2.94. The van der Waals surface area contributed by atoms with E-state index >= 15 is 0 Å². The monoisotopic (exact) mass is 311 g/mol. The molecule has 1 aliphatic rings. The first-order valence-electron chi connectivity index (χ1n) is 4.34. The first-order valence-corrected chi connectivity index (χ1v) is 4.34. The van der Waals surface area contributed by atoms with Crippen molar-refractivity contribution in [2.75, 3.05) is 6.54 Å². The Labute approximate surface area is 97.1 Å². The zero-order valence-electron chi connectivity index (χ0n) is 8.44. The fourth-order valence-electron chi connectivity index (χ4n) is 1.54. The summed E-state index contributed by atoms with van der Waals surface area (Å²) in [5.74, 6) is -34.9. The molecule has 0 aromatic heterocycles. The molecule has 0 atom stereocenters. The molecule has 1 aliphatic carbocycles. The lowest BCUT2D eigenvalue weighted by molar-refractivity contribution is -0.483. The molecule has 0 saturated heterocycles. The molecule has 0 aromatic carbocycles.